The van der Waals surface area contributed by atoms with Gasteiger partial charge in [0.2, 0.25) is 0 Å². The summed E-state index contributed by atoms with van der Waals surface area (Å²) in [5.74, 6) is 0. The highest BCUT2D eigenvalue weighted by molar-refractivity contribution is 6.30. The van der Waals surface area contributed by atoms with E-state index in [1.807, 2.05) is 42.5 Å². The molecule has 0 unspecified atom stereocenters. The Hall–Kier alpha value is -2.51. The smallest absolute Gasteiger partial charge is 0.0406 e. The van der Waals surface area contributed by atoms with Crippen LogP contribution in [0.5, 0.6) is 0 Å². The Morgan fingerprint density at radius 2 is 1.67 bits per heavy atom. The van der Waals surface area contributed by atoms with Crippen LogP contribution < -0.4 is 5.73 Å². The second-order valence-electron chi connectivity index (χ2n) is 5.91. The predicted octanol–water partition coefficient (Wildman–Crippen LogP) is 5.91. The normalized spacial score (nSPS) is 11.5. The predicted molar refractivity (Wildman–Crippen MR) is 104 cm³/mol. The van der Waals surface area contributed by atoms with Crippen LogP contribution >= 0.6 is 11.6 Å². The molecule has 0 atom stereocenters. The molecule has 0 aromatic heterocycles. The summed E-state index contributed by atoms with van der Waals surface area (Å²) in [7, 11) is 0. The minimum atomic E-state index is 0.735. The zero-order valence-corrected chi connectivity index (χ0v) is 14.4. The highest BCUT2D eigenvalue weighted by Gasteiger charge is 2.09. The summed E-state index contributed by atoms with van der Waals surface area (Å²) in [4.78, 5) is 0. The van der Waals surface area contributed by atoms with Crippen molar-refractivity contribution in [2.75, 3.05) is 5.73 Å². The molecule has 3 aromatic rings. The summed E-state index contributed by atoms with van der Waals surface area (Å²) in [6.07, 6.45) is 3.09. The van der Waals surface area contributed by atoms with Crippen molar-refractivity contribution in [3.8, 4) is 0 Å². The van der Waals surface area contributed by atoms with Gasteiger partial charge in [0.05, 0.1) is 0 Å². The van der Waals surface area contributed by atoms with E-state index in [0.717, 1.165) is 33.8 Å². The third-order valence-electron chi connectivity index (χ3n) is 4.04. The molecule has 0 aliphatic heterocycles. The number of hydrogen-bond donors (Lipinski definition) is 1. The average Bonchev–Trinajstić information content (AvgIpc) is 2.60. The number of nitrogen functional groups attached to an aromatic ring is 1. The number of anilines is 1. The van der Waals surface area contributed by atoms with E-state index in [9.17, 15) is 0 Å². The number of nitrogens with two attached hydrogens (primary N) is 1. The van der Waals surface area contributed by atoms with Crippen LogP contribution in [0.25, 0.3) is 5.57 Å². The zero-order valence-electron chi connectivity index (χ0n) is 13.7. The molecule has 3 aromatic carbocycles. The molecule has 0 radical (unpaired) electrons. The lowest BCUT2D eigenvalue weighted by atomic mass is 9.93. The quantitative estimate of drug-likeness (QED) is 0.590. The van der Waals surface area contributed by atoms with Gasteiger partial charge in [-0.2, -0.15) is 0 Å². The fraction of sp³-hybridized carbons (Fsp3) is 0.0909. The summed E-state index contributed by atoms with van der Waals surface area (Å²) < 4.78 is 0. The minimum Gasteiger partial charge on any atom is -0.398 e. The molecule has 0 saturated carbocycles. The van der Waals surface area contributed by atoms with E-state index in [1.165, 1.54) is 11.1 Å². The first-order chi connectivity index (χ1) is 11.6. The molecule has 24 heavy (non-hydrogen) atoms. The number of rotatable bonds is 4. The Bertz CT molecular complexity index is 849. The second-order valence-corrected chi connectivity index (χ2v) is 6.34. The molecule has 3 rings (SSSR count). The first-order valence-corrected chi connectivity index (χ1v) is 8.38. The monoisotopic (exact) mass is 333 g/mol. The molecule has 120 valence electrons. The van der Waals surface area contributed by atoms with Crippen molar-refractivity contribution >= 4 is 22.9 Å². The van der Waals surface area contributed by atoms with E-state index in [0.29, 0.717) is 0 Å². The molecule has 0 bridgehead atoms. The van der Waals surface area contributed by atoms with Crippen LogP contribution in [0.15, 0.2) is 78.9 Å². The summed E-state index contributed by atoms with van der Waals surface area (Å²) >= 11 is 6.05. The molecular formula is C22H20ClN. The fourth-order valence-electron chi connectivity index (χ4n) is 2.75. The molecule has 0 fully saturated rings. The molecule has 2 heteroatoms. The van der Waals surface area contributed by atoms with Crippen molar-refractivity contribution < 1.29 is 0 Å². The lowest BCUT2D eigenvalue weighted by molar-refractivity contribution is 1.27. The summed E-state index contributed by atoms with van der Waals surface area (Å²) in [5.41, 5.74) is 12.8. The molecule has 1 nitrogen and oxygen atoms in total. The van der Waals surface area contributed by atoms with E-state index in [4.69, 9.17) is 17.3 Å². The van der Waals surface area contributed by atoms with E-state index < -0.39 is 0 Å². The maximum absolute atomic E-state index is 6.26. The number of benzene rings is 3. The molecular weight excluding hydrogens is 314 g/mol. The summed E-state index contributed by atoms with van der Waals surface area (Å²) in [6.45, 7) is 2.08. The Balaban J connectivity index is 2.06. The Labute approximate surface area is 148 Å². The first-order valence-electron chi connectivity index (χ1n) is 8.00. The van der Waals surface area contributed by atoms with E-state index in [2.05, 4.69) is 43.3 Å². The van der Waals surface area contributed by atoms with Gasteiger partial charge < -0.3 is 5.73 Å². The Kier molecular flexibility index (Phi) is 5.02. The fourth-order valence-corrected chi connectivity index (χ4v) is 2.88. The van der Waals surface area contributed by atoms with E-state index >= 15 is 0 Å². The van der Waals surface area contributed by atoms with Crippen molar-refractivity contribution in [2.45, 2.75) is 13.3 Å². The van der Waals surface area contributed by atoms with Gasteiger partial charge in [0.25, 0.3) is 0 Å². The van der Waals surface area contributed by atoms with Crippen molar-refractivity contribution in [3.63, 3.8) is 0 Å². The summed E-state index contributed by atoms with van der Waals surface area (Å²) in [5, 5.41) is 0.735. The maximum Gasteiger partial charge on any atom is 0.0406 e. The van der Waals surface area contributed by atoms with Gasteiger partial charge in [-0.1, -0.05) is 71.8 Å². The average molecular weight is 334 g/mol. The minimum absolute atomic E-state index is 0.735. The van der Waals surface area contributed by atoms with Crippen LogP contribution in [0.2, 0.25) is 5.02 Å². The van der Waals surface area contributed by atoms with Crippen molar-refractivity contribution in [1.29, 1.82) is 0 Å². The van der Waals surface area contributed by atoms with Crippen LogP contribution in [0, 0.1) is 6.92 Å². The molecule has 0 aliphatic carbocycles. The van der Waals surface area contributed by atoms with Crippen LogP contribution in [-0.2, 0) is 6.42 Å². The van der Waals surface area contributed by atoms with Crippen LogP contribution in [0.3, 0.4) is 0 Å². The number of halogens is 1. The van der Waals surface area contributed by atoms with Crippen molar-refractivity contribution in [1.82, 2.24) is 0 Å². The highest BCUT2D eigenvalue weighted by atomic mass is 35.5. The van der Waals surface area contributed by atoms with E-state index in [1.54, 1.807) is 0 Å². The molecule has 2 N–H and O–H groups in total. The second kappa shape index (κ2) is 7.37. The van der Waals surface area contributed by atoms with E-state index in [-0.39, 0.29) is 0 Å². The Morgan fingerprint density at radius 1 is 0.958 bits per heavy atom. The van der Waals surface area contributed by atoms with Gasteiger partial charge in [0.1, 0.15) is 0 Å². The molecule has 0 saturated heterocycles. The van der Waals surface area contributed by atoms with Gasteiger partial charge in [-0.05, 0) is 54.3 Å². The highest BCUT2D eigenvalue weighted by Crippen LogP contribution is 2.30. The molecule has 0 heterocycles. The molecule has 0 amide bonds. The van der Waals surface area contributed by atoms with Crippen LogP contribution in [-0.4, -0.2) is 0 Å². The van der Waals surface area contributed by atoms with Crippen LogP contribution in [0.1, 0.15) is 22.3 Å². The van der Waals surface area contributed by atoms with Gasteiger partial charge >= 0.3 is 0 Å². The van der Waals surface area contributed by atoms with Crippen molar-refractivity contribution in [3.05, 3.63) is 106 Å². The van der Waals surface area contributed by atoms with Gasteiger partial charge in [0.15, 0.2) is 0 Å². The molecule has 0 aliphatic rings. The Morgan fingerprint density at radius 3 is 2.38 bits per heavy atom. The lowest BCUT2D eigenvalue weighted by Gasteiger charge is -2.13. The standard InChI is InChI=1S/C22H20ClN/c1-16-7-14-22(24)21(15-16)20(18-9-11-19(23)12-10-18)13-8-17-5-3-2-4-6-17/h2-7,9-15H,8,24H2,1H3. The van der Waals surface area contributed by atoms with Gasteiger partial charge in [0, 0.05) is 16.3 Å². The number of hydrogen-bond acceptors (Lipinski definition) is 1. The SMILES string of the molecule is Cc1ccc(N)c(C(=CCc2ccccc2)c2ccc(Cl)cc2)c1. The third kappa shape index (κ3) is 3.87. The topological polar surface area (TPSA) is 26.0 Å². The lowest BCUT2D eigenvalue weighted by Crippen LogP contribution is -1.97. The first kappa shape index (κ1) is 16.4. The third-order valence-corrected chi connectivity index (χ3v) is 4.29. The maximum atomic E-state index is 6.26. The van der Waals surface area contributed by atoms with Gasteiger partial charge in [-0.15, -0.1) is 0 Å². The number of aryl methyl sites for hydroxylation is 1. The zero-order chi connectivity index (χ0) is 16.9. The van der Waals surface area contributed by atoms with Gasteiger partial charge in [-0.25, -0.2) is 0 Å². The summed E-state index contributed by atoms with van der Waals surface area (Å²) in [6, 6.07) is 24.5. The molecule has 0 spiro atoms. The van der Waals surface area contributed by atoms with Crippen LogP contribution in [0.4, 0.5) is 5.69 Å². The largest absolute Gasteiger partial charge is 0.398 e. The number of allylic oxidation sites excluding steroid dienone is 1. The van der Waals surface area contributed by atoms with Crippen molar-refractivity contribution in [2.24, 2.45) is 0 Å². The van der Waals surface area contributed by atoms with Gasteiger partial charge in [-0.3, -0.25) is 0 Å².